The topological polar surface area (TPSA) is 137 Å². The van der Waals surface area contributed by atoms with Crippen LogP contribution in [0.25, 0.3) is 11.1 Å². The van der Waals surface area contributed by atoms with Gasteiger partial charge in [0, 0.05) is 6.54 Å². The summed E-state index contributed by atoms with van der Waals surface area (Å²) in [5.74, 6) is -0.518. The van der Waals surface area contributed by atoms with Gasteiger partial charge in [0.1, 0.15) is 6.04 Å². The second-order valence-corrected chi connectivity index (χ2v) is 7.00. The van der Waals surface area contributed by atoms with Crippen LogP contribution < -0.4 is 22.5 Å². The van der Waals surface area contributed by atoms with Crippen molar-refractivity contribution in [2.45, 2.75) is 38.3 Å². The van der Waals surface area contributed by atoms with Crippen LogP contribution in [-0.2, 0) is 16.0 Å². The number of hydrogen-bond acceptors (Lipinski definition) is 4. The van der Waals surface area contributed by atoms with Crippen molar-refractivity contribution < 1.29 is 9.59 Å². The monoisotopic (exact) mass is 395 g/mol. The van der Waals surface area contributed by atoms with Gasteiger partial charge in [-0.2, -0.15) is 0 Å². The quantitative estimate of drug-likeness (QED) is 0.274. The largest absolute Gasteiger partial charge is 0.388 e. The van der Waals surface area contributed by atoms with E-state index in [9.17, 15) is 9.59 Å². The number of carbonyl (C=O) groups excluding carboxylic acids is 2. The number of nitrogens with one attached hydrogen (secondary N) is 1. The van der Waals surface area contributed by atoms with Gasteiger partial charge in [-0.1, -0.05) is 54.6 Å². The average molecular weight is 396 g/mol. The molecule has 0 saturated heterocycles. The highest BCUT2D eigenvalue weighted by Gasteiger charge is 2.21. The van der Waals surface area contributed by atoms with Crippen LogP contribution in [0.1, 0.15) is 25.3 Å². The molecular formula is C22H29N5O2. The van der Waals surface area contributed by atoms with Crippen LogP contribution in [0.15, 0.2) is 59.6 Å². The number of primary amides is 1. The second kappa shape index (κ2) is 11.0. The first-order valence-electron chi connectivity index (χ1n) is 9.63. The van der Waals surface area contributed by atoms with E-state index >= 15 is 0 Å². The first-order chi connectivity index (χ1) is 13.9. The number of amidine groups is 1. The normalized spacial score (nSPS) is 13.5. The lowest BCUT2D eigenvalue weighted by Crippen LogP contribution is -2.51. The van der Waals surface area contributed by atoms with E-state index in [-0.39, 0.29) is 0 Å². The third-order valence-corrected chi connectivity index (χ3v) is 4.53. The Balaban J connectivity index is 1.89. The molecule has 0 aromatic heterocycles. The summed E-state index contributed by atoms with van der Waals surface area (Å²) in [6.45, 7) is 2.17. The smallest absolute Gasteiger partial charge is 0.240 e. The van der Waals surface area contributed by atoms with Gasteiger partial charge in [0.15, 0.2) is 0 Å². The van der Waals surface area contributed by atoms with Gasteiger partial charge >= 0.3 is 0 Å². The predicted octanol–water partition coefficient (Wildman–Crippen LogP) is 1.35. The Morgan fingerprint density at radius 3 is 2.21 bits per heavy atom. The third kappa shape index (κ3) is 7.38. The Bertz CT molecular complexity index is 830. The standard InChI is InChI=1S/C22H29N5O2/c1-15(23)26-13-5-8-20(21(25)28)27-22(29)19(24)14-16-9-11-18(12-10-16)17-6-3-2-4-7-17/h2-4,6-7,9-12,19-20H,5,8,13-14,24H2,1H3,(H2,23,26)(H2,25,28)(H,27,29). The molecule has 0 aliphatic rings. The van der Waals surface area contributed by atoms with E-state index in [0.717, 1.165) is 16.7 Å². The maximum atomic E-state index is 12.4. The van der Waals surface area contributed by atoms with Crippen LogP contribution in [0, 0.1) is 0 Å². The molecule has 7 nitrogen and oxygen atoms in total. The molecular weight excluding hydrogens is 366 g/mol. The minimum absolute atomic E-state index is 0.364. The Hall–Kier alpha value is -3.19. The third-order valence-electron chi connectivity index (χ3n) is 4.53. The molecule has 7 N–H and O–H groups in total. The molecule has 0 saturated carbocycles. The minimum atomic E-state index is -0.776. The molecule has 2 aromatic rings. The fourth-order valence-electron chi connectivity index (χ4n) is 2.93. The number of benzene rings is 2. The molecule has 2 rings (SSSR count). The first kappa shape index (κ1) is 22.1. The minimum Gasteiger partial charge on any atom is -0.388 e. The van der Waals surface area contributed by atoms with Gasteiger partial charge in [-0.05, 0) is 42.9 Å². The number of nitrogens with two attached hydrogens (primary N) is 3. The van der Waals surface area contributed by atoms with E-state index in [0.29, 0.717) is 31.6 Å². The molecule has 0 bridgehead atoms. The number of hydrogen-bond donors (Lipinski definition) is 4. The average Bonchev–Trinajstić information content (AvgIpc) is 2.71. The van der Waals surface area contributed by atoms with Crippen molar-refractivity contribution in [2.75, 3.05) is 6.54 Å². The van der Waals surface area contributed by atoms with Crippen molar-refractivity contribution in [2.24, 2.45) is 22.2 Å². The number of rotatable bonds is 10. The summed E-state index contributed by atoms with van der Waals surface area (Å²) in [5, 5.41) is 2.64. The van der Waals surface area contributed by atoms with E-state index in [1.165, 1.54) is 0 Å². The molecule has 2 atom stereocenters. The molecule has 2 unspecified atom stereocenters. The maximum Gasteiger partial charge on any atom is 0.240 e. The summed E-state index contributed by atoms with van der Waals surface area (Å²) in [7, 11) is 0. The molecule has 0 aliphatic heterocycles. The molecule has 29 heavy (non-hydrogen) atoms. The summed E-state index contributed by atoms with van der Waals surface area (Å²) in [6.07, 6.45) is 1.33. The lowest BCUT2D eigenvalue weighted by molar-refractivity contribution is -0.128. The van der Waals surface area contributed by atoms with Gasteiger partial charge in [-0.15, -0.1) is 0 Å². The maximum absolute atomic E-state index is 12.4. The summed E-state index contributed by atoms with van der Waals surface area (Å²) in [6, 6.07) is 16.4. The van der Waals surface area contributed by atoms with E-state index in [2.05, 4.69) is 10.3 Å². The van der Waals surface area contributed by atoms with E-state index in [1.54, 1.807) is 6.92 Å². The molecule has 154 valence electrons. The van der Waals surface area contributed by atoms with Crippen molar-refractivity contribution in [1.29, 1.82) is 0 Å². The lowest BCUT2D eigenvalue weighted by atomic mass is 10.0. The molecule has 2 aromatic carbocycles. The van der Waals surface area contributed by atoms with Gasteiger partial charge < -0.3 is 22.5 Å². The summed E-state index contributed by atoms with van der Waals surface area (Å²) < 4.78 is 0. The van der Waals surface area contributed by atoms with Crippen LogP contribution in [0.3, 0.4) is 0 Å². The van der Waals surface area contributed by atoms with Crippen molar-refractivity contribution in [3.05, 3.63) is 60.2 Å². The summed E-state index contributed by atoms with van der Waals surface area (Å²) in [4.78, 5) is 28.1. The van der Waals surface area contributed by atoms with Gasteiger partial charge in [0.25, 0.3) is 0 Å². The lowest BCUT2D eigenvalue weighted by Gasteiger charge is -2.18. The van der Waals surface area contributed by atoms with Crippen molar-refractivity contribution in [3.63, 3.8) is 0 Å². The van der Waals surface area contributed by atoms with Gasteiger partial charge in [-0.3, -0.25) is 14.6 Å². The highest BCUT2D eigenvalue weighted by Crippen LogP contribution is 2.19. The number of carbonyl (C=O) groups is 2. The van der Waals surface area contributed by atoms with Gasteiger partial charge in [0.05, 0.1) is 11.9 Å². The number of aliphatic imine (C=N–C) groups is 1. The first-order valence-corrected chi connectivity index (χ1v) is 9.63. The fraction of sp³-hybridized carbons (Fsp3) is 0.318. The molecule has 0 heterocycles. The highest BCUT2D eigenvalue weighted by atomic mass is 16.2. The summed E-state index contributed by atoms with van der Waals surface area (Å²) in [5.41, 5.74) is 20.1. The van der Waals surface area contributed by atoms with Crippen molar-refractivity contribution in [3.8, 4) is 11.1 Å². The molecule has 7 heteroatoms. The Labute approximate surface area is 171 Å². The molecule has 2 amide bonds. The Morgan fingerprint density at radius 1 is 1.00 bits per heavy atom. The van der Waals surface area contributed by atoms with E-state index in [4.69, 9.17) is 17.2 Å². The second-order valence-electron chi connectivity index (χ2n) is 7.00. The number of amides is 2. The Kier molecular flexibility index (Phi) is 8.36. The van der Waals surface area contributed by atoms with E-state index in [1.807, 2.05) is 54.6 Å². The van der Waals surface area contributed by atoms with E-state index < -0.39 is 23.9 Å². The van der Waals surface area contributed by atoms with Crippen LogP contribution in [0.4, 0.5) is 0 Å². The molecule has 0 fully saturated rings. The van der Waals surface area contributed by atoms with Gasteiger partial charge in [0.2, 0.25) is 11.8 Å². The number of nitrogens with zero attached hydrogens (tertiary/aromatic N) is 1. The zero-order valence-corrected chi connectivity index (χ0v) is 16.7. The van der Waals surface area contributed by atoms with Crippen LogP contribution in [0.5, 0.6) is 0 Å². The van der Waals surface area contributed by atoms with Crippen molar-refractivity contribution >= 4 is 17.6 Å². The summed E-state index contributed by atoms with van der Waals surface area (Å²) >= 11 is 0. The Morgan fingerprint density at radius 2 is 1.62 bits per heavy atom. The SMILES string of the molecule is CC(N)=NCCCC(NC(=O)C(N)Cc1ccc(-c2ccccc2)cc1)C(N)=O. The van der Waals surface area contributed by atoms with Crippen LogP contribution >= 0.6 is 0 Å². The van der Waals surface area contributed by atoms with Crippen LogP contribution in [0.2, 0.25) is 0 Å². The molecule has 0 spiro atoms. The molecule has 0 radical (unpaired) electrons. The fourth-order valence-corrected chi connectivity index (χ4v) is 2.93. The van der Waals surface area contributed by atoms with Gasteiger partial charge in [-0.25, -0.2) is 0 Å². The predicted molar refractivity (Wildman–Crippen MR) is 116 cm³/mol. The molecule has 0 aliphatic carbocycles. The van der Waals surface area contributed by atoms with Crippen molar-refractivity contribution in [1.82, 2.24) is 5.32 Å². The highest BCUT2D eigenvalue weighted by molar-refractivity contribution is 5.89. The zero-order valence-electron chi connectivity index (χ0n) is 16.7. The zero-order chi connectivity index (χ0) is 21.2. The van der Waals surface area contributed by atoms with Crippen LogP contribution in [-0.4, -0.2) is 36.3 Å².